The highest BCUT2D eigenvalue weighted by Gasteiger charge is 2.29. The Hall–Kier alpha value is -1.55. The molecule has 2 rings (SSSR count). The van der Waals surface area contributed by atoms with E-state index in [2.05, 4.69) is 24.5 Å². The van der Waals surface area contributed by atoms with Crippen molar-refractivity contribution in [2.45, 2.75) is 32.6 Å². The van der Waals surface area contributed by atoms with E-state index in [0.29, 0.717) is 13.1 Å². The first-order chi connectivity index (χ1) is 9.53. The smallest absolute Gasteiger partial charge is 0.229 e. The quantitative estimate of drug-likeness (QED) is 0.746. The molecule has 4 nitrogen and oxygen atoms in total. The summed E-state index contributed by atoms with van der Waals surface area (Å²) in [4.78, 5) is 12.3. The van der Waals surface area contributed by atoms with Crippen LogP contribution in [-0.2, 0) is 4.79 Å². The number of amides is 1. The van der Waals surface area contributed by atoms with Crippen molar-refractivity contribution in [3.63, 3.8) is 0 Å². The number of hydrogen-bond acceptors (Lipinski definition) is 3. The topological polar surface area (TPSA) is 61.4 Å². The molecule has 1 aromatic rings. The van der Waals surface area contributed by atoms with Crippen molar-refractivity contribution in [1.29, 1.82) is 0 Å². The maximum Gasteiger partial charge on any atom is 0.229 e. The van der Waals surface area contributed by atoms with Gasteiger partial charge >= 0.3 is 0 Å². The molecule has 1 aliphatic heterocycles. The maximum atomic E-state index is 12.3. The van der Waals surface area contributed by atoms with E-state index in [9.17, 15) is 4.79 Å². The number of benzene rings is 1. The third-order valence-corrected chi connectivity index (χ3v) is 3.90. The lowest BCUT2D eigenvalue weighted by Gasteiger charge is -2.25. The van der Waals surface area contributed by atoms with Gasteiger partial charge in [-0.15, -0.1) is 0 Å². The number of aliphatic hydroxyl groups is 1. The van der Waals surface area contributed by atoms with Crippen molar-refractivity contribution in [2.75, 3.05) is 25.0 Å². The highest BCUT2D eigenvalue weighted by molar-refractivity contribution is 5.88. The summed E-state index contributed by atoms with van der Waals surface area (Å²) in [5.74, 6) is -0.0145. The zero-order valence-corrected chi connectivity index (χ0v) is 12.3. The molecule has 1 aliphatic rings. The molecule has 0 saturated carbocycles. The minimum Gasteiger partial charge on any atom is -0.396 e. The van der Waals surface area contributed by atoms with Crippen LogP contribution >= 0.6 is 0 Å². The van der Waals surface area contributed by atoms with Crippen molar-refractivity contribution < 1.29 is 9.90 Å². The zero-order valence-electron chi connectivity index (χ0n) is 12.3. The Labute approximate surface area is 120 Å². The standard InChI is InChI=1S/C16H24N2O2/c1-16(2,8-5-9-19)11-18-15(20)13-10-17-14-7-4-3-6-12(13)14/h3-4,6-7,13,17,19H,5,8-11H2,1-2H3,(H,18,20). The highest BCUT2D eigenvalue weighted by atomic mass is 16.2. The predicted octanol–water partition coefficient (Wildman–Crippen LogP) is 2.11. The first-order valence-electron chi connectivity index (χ1n) is 7.25. The highest BCUT2D eigenvalue weighted by Crippen LogP contribution is 2.31. The first kappa shape index (κ1) is 14.9. The van der Waals surface area contributed by atoms with Crippen molar-refractivity contribution in [2.24, 2.45) is 5.41 Å². The minimum absolute atomic E-state index is 0.0178. The van der Waals surface area contributed by atoms with Gasteiger partial charge in [-0.3, -0.25) is 4.79 Å². The maximum absolute atomic E-state index is 12.3. The third-order valence-electron chi connectivity index (χ3n) is 3.90. The van der Waals surface area contributed by atoms with Crippen molar-refractivity contribution in [1.82, 2.24) is 5.32 Å². The van der Waals surface area contributed by atoms with Gasteiger partial charge in [0.25, 0.3) is 0 Å². The van der Waals surface area contributed by atoms with Gasteiger partial charge in [-0.1, -0.05) is 32.0 Å². The van der Waals surface area contributed by atoms with Crippen LogP contribution in [0.2, 0.25) is 0 Å². The molecule has 0 bridgehead atoms. The molecular formula is C16H24N2O2. The normalized spacial score (nSPS) is 17.4. The van der Waals surface area contributed by atoms with Gasteiger partial charge in [0.05, 0.1) is 5.92 Å². The van der Waals surface area contributed by atoms with Crippen LogP contribution in [-0.4, -0.2) is 30.7 Å². The Morgan fingerprint density at radius 2 is 2.20 bits per heavy atom. The fourth-order valence-corrected chi connectivity index (χ4v) is 2.61. The fraction of sp³-hybridized carbons (Fsp3) is 0.562. The first-order valence-corrected chi connectivity index (χ1v) is 7.25. The molecule has 1 atom stereocenters. The van der Waals surface area contributed by atoms with Crippen molar-refractivity contribution in [3.05, 3.63) is 29.8 Å². The lowest BCUT2D eigenvalue weighted by atomic mass is 9.87. The van der Waals surface area contributed by atoms with Gasteiger partial charge in [0.1, 0.15) is 0 Å². The van der Waals surface area contributed by atoms with E-state index in [1.165, 1.54) is 0 Å². The summed E-state index contributed by atoms with van der Waals surface area (Å²) in [6.45, 7) is 5.75. The van der Waals surface area contributed by atoms with E-state index in [-0.39, 0.29) is 23.8 Å². The minimum atomic E-state index is -0.0974. The van der Waals surface area contributed by atoms with Gasteiger partial charge in [-0.2, -0.15) is 0 Å². The lowest BCUT2D eigenvalue weighted by Crippen LogP contribution is -2.37. The van der Waals surface area contributed by atoms with E-state index in [0.717, 1.165) is 24.1 Å². The zero-order chi connectivity index (χ0) is 14.6. The molecule has 0 radical (unpaired) electrons. The number of carbonyl (C=O) groups excluding carboxylic acids is 1. The van der Waals surface area contributed by atoms with Gasteiger partial charge in [0.2, 0.25) is 5.91 Å². The number of anilines is 1. The largest absolute Gasteiger partial charge is 0.396 e. The molecule has 1 heterocycles. The van der Waals surface area contributed by atoms with E-state index >= 15 is 0 Å². The number of hydrogen-bond donors (Lipinski definition) is 3. The molecule has 1 aromatic carbocycles. The lowest BCUT2D eigenvalue weighted by molar-refractivity contribution is -0.122. The molecule has 0 fully saturated rings. The summed E-state index contributed by atoms with van der Waals surface area (Å²) in [6.07, 6.45) is 1.68. The van der Waals surface area contributed by atoms with Crippen LogP contribution in [0.25, 0.3) is 0 Å². The Bertz CT molecular complexity index is 471. The predicted molar refractivity (Wildman–Crippen MR) is 80.8 cm³/mol. The van der Waals surface area contributed by atoms with Crippen LogP contribution in [0.4, 0.5) is 5.69 Å². The molecule has 0 aromatic heterocycles. The van der Waals surface area contributed by atoms with Crippen LogP contribution in [0.5, 0.6) is 0 Å². The second-order valence-corrected chi connectivity index (χ2v) is 6.23. The average molecular weight is 276 g/mol. The van der Waals surface area contributed by atoms with Gasteiger partial charge in [-0.05, 0) is 29.9 Å². The molecule has 20 heavy (non-hydrogen) atoms. The fourth-order valence-electron chi connectivity index (χ4n) is 2.61. The molecule has 3 N–H and O–H groups in total. The summed E-state index contributed by atoms with van der Waals surface area (Å²) in [6, 6.07) is 7.96. The molecule has 1 unspecified atom stereocenters. The third kappa shape index (κ3) is 3.51. The summed E-state index contributed by atoms with van der Waals surface area (Å²) in [5, 5.41) is 15.2. The molecule has 0 saturated heterocycles. The van der Waals surface area contributed by atoms with E-state index < -0.39 is 0 Å². The van der Waals surface area contributed by atoms with Gasteiger partial charge in [0, 0.05) is 25.4 Å². The van der Waals surface area contributed by atoms with Crippen molar-refractivity contribution in [3.8, 4) is 0 Å². The van der Waals surface area contributed by atoms with Crippen molar-refractivity contribution >= 4 is 11.6 Å². The van der Waals surface area contributed by atoms with Gasteiger partial charge in [-0.25, -0.2) is 0 Å². The van der Waals surface area contributed by atoms with Crippen LogP contribution in [0, 0.1) is 5.41 Å². The number of fused-ring (bicyclic) bond motifs is 1. The van der Waals surface area contributed by atoms with Crippen LogP contribution in [0.3, 0.4) is 0 Å². The number of rotatable bonds is 6. The number of aliphatic hydroxyl groups excluding tert-OH is 1. The molecule has 0 aliphatic carbocycles. The second kappa shape index (κ2) is 6.27. The van der Waals surface area contributed by atoms with E-state index in [1.807, 2.05) is 24.3 Å². The summed E-state index contributed by atoms with van der Waals surface area (Å²) >= 11 is 0. The van der Waals surface area contributed by atoms with Gasteiger partial charge < -0.3 is 15.7 Å². The molecule has 110 valence electrons. The van der Waals surface area contributed by atoms with Crippen LogP contribution in [0.15, 0.2) is 24.3 Å². The molecular weight excluding hydrogens is 252 g/mol. The van der Waals surface area contributed by atoms with Crippen LogP contribution < -0.4 is 10.6 Å². The summed E-state index contributed by atoms with van der Waals surface area (Å²) in [5.41, 5.74) is 2.16. The number of para-hydroxylation sites is 1. The average Bonchev–Trinajstić information content (AvgIpc) is 2.87. The Morgan fingerprint density at radius 3 is 2.95 bits per heavy atom. The number of carbonyl (C=O) groups is 1. The van der Waals surface area contributed by atoms with E-state index in [4.69, 9.17) is 5.11 Å². The Morgan fingerprint density at radius 1 is 1.45 bits per heavy atom. The van der Waals surface area contributed by atoms with E-state index in [1.54, 1.807) is 0 Å². The number of nitrogens with one attached hydrogen (secondary N) is 2. The SMILES string of the molecule is CC(C)(CCCO)CNC(=O)C1CNc2ccccc21. The second-order valence-electron chi connectivity index (χ2n) is 6.23. The van der Waals surface area contributed by atoms with Crippen LogP contribution in [0.1, 0.15) is 38.2 Å². The summed E-state index contributed by atoms with van der Waals surface area (Å²) in [7, 11) is 0. The molecule has 1 amide bonds. The monoisotopic (exact) mass is 276 g/mol. The Kier molecular flexibility index (Phi) is 4.65. The molecule has 0 spiro atoms. The Balaban J connectivity index is 1.90. The molecule has 4 heteroatoms. The summed E-state index contributed by atoms with van der Waals surface area (Å²) < 4.78 is 0. The van der Waals surface area contributed by atoms with Gasteiger partial charge in [0.15, 0.2) is 0 Å².